The number of rotatable bonds is 7. The van der Waals surface area contributed by atoms with Crippen molar-refractivity contribution in [1.29, 1.82) is 0 Å². The van der Waals surface area contributed by atoms with Crippen LogP contribution in [0.15, 0.2) is 0 Å². The number of nitrogens with zero attached hydrogens (tertiary/aromatic N) is 1. The van der Waals surface area contributed by atoms with Crippen molar-refractivity contribution in [3.63, 3.8) is 0 Å². The highest BCUT2D eigenvalue weighted by Crippen LogP contribution is 2.03. The Morgan fingerprint density at radius 3 is 2.54 bits per heavy atom. The third kappa shape index (κ3) is 6.54. The second-order valence-electron chi connectivity index (χ2n) is 3.27. The predicted molar refractivity (Wildman–Crippen MR) is 49.7 cm³/mol. The van der Waals surface area contributed by atoms with Crippen LogP contribution in [0.4, 0.5) is 0 Å². The summed E-state index contributed by atoms with van der Waals surface area (Å²) in [5.74, 6) is -0.770. The Kier molecular flexibility index (Phi) is 6.54. The number of hydroxylamine groups is 2. The van der Waals surface area contributed by atoms with Crippen molar-refractivity contribution in [2.45, 2.75) is 45.6 Å². The quantitative estimate of drug-likeness (QED) is 0.473. The summed E-state index contributed by atoms with van der Waals surface area (Å²) in [6, 6.07) is 0.157. The van der Waals surface area contributed by atoms with Crippen molar-refractivity contribution in [3.8, 4) is 0 Å². The zero-order valence-corrected chi connectivity index (χ0v) is 8.36. The normalized spacial score (nSPS) is 13.2. The Balaban J connectivity index is 3.36. The summed E-state index contributed by atoms with van der Waals surface area (Å²) in [6.07, 6.45) is 2.44. The van der Waals surface area contributed by atoms with Gasteiger partial charge in [-0.1, -0.05) is 6.92 Å². The first-order valence-electron chi connectivity index (χ1n) is 4.75. The van der Waals surface area contributed by atoms with Crippen molar-refractivity contribution >= 4 is 5.97 Å². The smallest absolute Gasteiger partial charge is 0.303 e. The van der Waals surface area contributed by atoms with E-state index in [0.717, 1.165) is 12.8 Å². The molecule has 0 aliphatic heterocycles. The molecule has 0 aliphatic carbocycles. The summed E-state index contributed by atoms with van der Waals surface area (Å²) in [6.45, 7) is 4.50. The molecule has 0 aromatic rings. The van der Waals surface area contributed by atoms with Crippen LogP contribution in [0.3, 0.4) is 0 Å². The standard InChI is InChI=1S/C9H19NO3/c1-3-8(2)10(13)7-5-4-6-9(11)12/h8,13H,3-7H2,1-2H3,(H,11,12). The highest BCUT2D eigenvalue weighted by molar-refractivity contribution is 5.66. The van der Waals surface area contributed by atoms with Crippen molar-refractivity contribution in [2.75, 3.05) is 6.54 Å². The number of unbranched alkanes of at least 4 members (excludes halogenated alkanes) is 1. The SMILES string of the molecule is CCC(C)N(O)CCCCC(=O)O. The molecule has 0 aromatic carbocycles. The van der Waals surface area contributed by atoms with Gasteiger partial charge in [0.2, 0.25) is 0 Å². The van der Waals surface area contributed by atoms with E-state index in [1.165, 1.54) is 5.06 Å². The van der Waals surface area contributed by atoms with Gasteiger partial charge in [-0.15, -0.1) is 0 Å². The molecule has 13 heavy (non-hydrogen) atoms. The van der Waals surface area contributed by atoms with Gasteiger partial charge in [-0.05, 0) is 26.2 Å². The van der Waals surface area contributed by atoms with Crippen molar-refractivity contribution < 1.29 is 15.1 Å². The molecule has 0 rings (SSSR count). The third-order valence-corrected chi connectivity index (χ3v) is 2.13. The van der Waals surface area contributed by atoms with Crippen LogP contribution in [0.1, 0.15) is 39.5 Å². The Morgan fingerprint density at radius 1 is 1.46 bits per heavy atom. The Hall–Kier alpha value is -0.610. The minimum Gasteiger partial charge on any atom is -0.481 e. The Labute approximate surface area is 79.1 Å². The van der Waals surface area contributed by atoms with Gasteiger partial charge in [0.15, 0.2) is 0 Å². The van der Waals surface area contributed by atoms with E-state index in [1.54, 1.807) is 0 Å². The van der Waals surface area contributed by atoms with Crippen molar-refractivity contribution in [1.82, 2.24) is 5.06 Å². The first-order valence-corrected chi connectivity index (χ1v) is 4.75. The topological polar surface area (TPSA) is 60.8 Å². The molecule has 0 saturated heterocycles. The highest BCUT2D eigenvalue weighted by Gasteiger charge is 2.07. The number of hydrogen-bond donors (Lipinski definition) is 2. The maximum absolute atomic E-state index is 10.2. The van der Waals surface area contributed by atoms with Crippen LogP contribution in [0.2, 0.25) is 0 Å². The molecule has 0 bridgehead atoms. The minimum atomic E-state index is -0.770. The highest BCUT2D eigenvalue weighted by atomic mass is 16.5. The van der Waals surface area contributed by atoms with E-state index in [1.807, 2.05) is 13.8 Å². The first kappa shape index (κ1) is 12.4. The number of carboxylic acids is 1. The summed E-state index contributed by atoms with van der Waals surface area (Å²) < 4.78 is 0. The van der Waals surface area contributed by atoms with Crippen molar-refractivity contribution in [2.24, 2.45) is 0 Å². The molecular weight excluding hydrogens is 170 g/mol. The van der Waals surface area contributed by atoms with Gasteiger partial charge in [-0.2, -0.15) is 5.06 Å². The van der Waals surface area contributed by atoms with E-state index >= 15 is 0 Å². The van der Waals surface area contributed by atoms with Crippen LogP contribution in [-0.2, 0) is 4.79 Å². The van der Waals surface area contributed by atoms with Crippen LogP contribution >= 0.6 is 0 Å². The molecule has 0 amide bonds. The van der Waals surface area contributed by atoms with E-state index in [2.05, 4.69) is 0 Å². The monoisotopic (exact) mass is 189 g/mol. The molecule has 4 heteroatoms. The summed E-state index contributed by atoms with van der Waals surface area (Å²) in [4.78, 5) is 10.2. The predicted octanol–water partition coefficient (Wildman–Crippen LogP) is 1.73. The van der Waals surface area contributed by atoms with Gasteiger partial charge in [0.1, 0.15) is 0 Å². The summed E-state index contributed by atoms with van der Waals surface area (Å²) >= 11 is 0. The van der Waals surface area contributed by atoms with E-state index < -0.39 is 5.97 Å². The van der Waals surface area contributed by atoms with Crippen molar-refractivity contribution in [3.05, 3.63) is 0 Å². The average molecular weight is 189 g/mol. The molecule has 4 nitrogen and oxygen atoms in total. The van der Waals surface area contributed by atoms with Crippen LogP contribution in [-0.4, -0.2) is 33.9 Å². The molecule has 0 aromatic heterocycles. The van der Waals surface area contributed by atoms with E-state index in [9.17, 15) is 10.0 Å². The van der Waals surface area contributed by atoms with Gasteiger partial charge in [-0.3, -0.25) is 4.79 Å². The zero-order valence-electron chi connectivity index (χ0n) is 8.36. The molecule has 78 valence electrons. The summed E-state index contributed by atoms with van der Waals surface area (Å²) in [5, 5.41) is 19.0. The molecule has 2 N–H and O–H groups in total. The lowest BCUT2D eigenvalue weighted by molar-refractivity contribution is -0.138. The lowest BCUT2D eigenvalue weighted by Crippen LogP contribution is -2.30. The van der Waals surface area contributed by atoms with Gasteiger partial charge in [-0.25, -0.2) is 0 Å². The average Bonchev–Trinajstić information content (AvgIpc) is 2.10. The van der Waals surface area contributed by atoms with Gasteiger partial charge in [0.25, 0.3) is 0 Å². The molecule has 0 saturated carbocycles. The maximum atomic E-state index is 10.2. The number of aliphatic carboxylic acids is 1. The van der Waals surface area contributed by atoms with E-state index in [-0.39, 0.29) is 12.5 Å². The zero-order chi connectivity index (χ0) is 10.3. The first-order chi connectivity index (χ1) is 6.07. The third-order valence-electron chi connectivity index (χ3n) is 2.13. The molecule has 0 spiro atoms. The minimum absolute atomic E-state index is 0.157. The molecule has 1 unspecified atom stereocenters. The number of hydrogen-bond acceptors (Lipinski definition) is 3. The molecule has 0 fully saturated rings. The molecule has 1 atom stereocenters. The van der Waals surface area contributed by atoms with E-state index in [4.69, 9.17) is 5.11 Å². The van der Waals surface area contributed by atoms with Crippen LogP contribution in [0, 0.1) is 0 Å². The fourth-order valence-corrected chi connectivity index (χ4v) is 0.981. The van der Waals surface area contributed by atoms with Crippen LogP contribution in [0.25, 0.3) is 0 Å². The lowest BCUT2D eigenvalue weighted by atomic mass is 10.2. The number of carboxylic acid groups (broad SMARTS) is 1. The Bertz CT molecular complexity index is 150. The van der Waals surface area contributed by atoms with Crippen LogP contribution < -0.4 is 0 Å². The second kappa shape index (κ2) is 6.86. The van der Waals surface area contributed by atoms with E-state index in [0.29, 0.717) is 13.0 Å². The molecule has 0 heterocycles. The fourth-order valence-electron chi connectivity index (χ4n) is 0.981. The second-order valence-corrected chi connectivity index (χ2v) is 3.27. The largest absolute Gasteiger partial charge is 0.481 e. The lowest BCUT2D eigenvalue weighted by Gasteiger charge is -2.20. The summed E-state index contributed by atoms with van der Waals surface area (Å²) in [7, 11) is 0. The Morgan fingerprint density at radius 2 is 2.08 bits per heavy atom. The summed E-state index contributed by atoms with van der Waals surface area (Å²) in [5.41, 5.74) is 0. The van der Waals surface area contributed by atoms with Gasteiger partial charge in [0.05, 0.1) is 0 Å². The maximum Gasteiger partial charge on any atom is 0.303 e. The molecule has 0 aliphatic rings. The van der Waals surface area contributed by atoms with Crippen LogP contribution in [0.5, 0.6) is 0 Å². The van der Waals surface area contributed by atoms with Gasteiger partial charge < -0.3 is 10.3 Å². The van der Waals surface area contributed by atoms with Gasteiger partial charge in [0, 0.05) is 19.0 Å². The number of carbonyl (C=O) groups is 1. The molecule has 0 radical (unpaired) electrons. The molecular formula is C9H19NO3. The fraction of sp³-hybridized carbons (Fsp3) is 0.889. The van der Waals surface area contributed by atoms with Gasteiger partial charge >= 0.3 is 5.97 Å².